The fourth-order valence-electron chi connectivity index (χ4n) is 2.80. The fraction of sp³-hybridized carbons (Fsp3) is 0. The van der Waals surface area contributed by atoms with Crippen molar-refractivity contribution in [1.82, 2.24) is 0 Å². The summed E-state index contributed by atoms with van der Waals surface area (Å²) in [7, 11) is 0. The molecule has 0 saturated heterocycles. The van der Waals surface area contributed by atoms with E-state index in [-0.39, 0.29) is 5.75 Å². The number of benzene rings is 4. The molecule has 4 aromatic carbocycles. The lowest BCUT2D eigenvalue weighted by atomic mass is 10.00. The molecule has 106 valence electrons. The van der Waals surface area contributed by atoms with E-state index in [9.17, 15) is 5.11 Å². The predicted molar refractivity (Wildman–Crippen MR) is 89.6 cm³/mol. The highest BCUT2D eigenvalue weighted by molar-refractivity contribution is 6.13. The van der Waals surface area contributed by atoms with Gasteiger partial charge >= 0.3 is 0 Å². The largest absolute Gasteiger partial charge is 0.504 e. The molecular weight excluding hydrogens is 272 g/mol. The van der Waals surface area contributed by atoms with Crippen molar-refractivity contribution in [2.75, 3.05) is 0 Å². The van der Waals surface area contributed by atoms with Crippen molar-refractivity contribution in [3.63, 3.8) is 0 Å². The van der Waals surface area contributed by atoms with Crippen molar-refractivity contribution in [1.29, 1.82) is 0 Å². The van der Waals surface area contributed by atoms with Gasteiger partial charge in [-0.2, -0.15) is 0 Å². The minimum absolute atomic E-state index is 0.179. The molecule has 0 aliphatic rings. The highest BCUT2D eigenvalue weighted by Crippen LogP contribution is 2.44. The summed E-state index contributed by atoms with van der Waals surface area (Å²) >= 11 is 0. The Morgan fingerprint density at radius 1 is 0.545 bits per heavy atom. The molecule has 0 atom stereocenters. The van der Waals surface area contributed by atoms with Crippen LogP contribution < -0.4 is 4.74 Å². The third kappa shape index (κ3) is 1.97. The zero-order valence-electron chi connectivity index (χ0n) is 11.9. The first-order valence-corrected chi connectivity index (χ1v) is 7.20. The van der Waals surface area contributed by atoms with Crippen molar-refractivity contribution in [3.8, 4) is 17.2 Å². The van der Waals surface area contributed by atoms with Crippen LogP contribution in [-0.4, -0.2) is 5.11 Å². The molecule has 0 aromatic heterocycles. The Bertz CT molecular complexity index is 959. The number of fused-ring (bicyclic) bond motifs is 3. The van der Waals surface area contributed by atoms with Gasteiger partial charge in [-0.3, -0.25) is 0 Å². The average molecular weight is 286 g/mol. The maximum absolute atomic E-state index is 10.7. The van der Waals surface area contributed by atoms with E-state index in [0.717, 1.165) is 21.5 Å². The van der Waals surface area contributed by atoms with Gasteiger partial charge in [-0.05, 0) is 22.9 Å². The lowest BCUT2D eigenvalue weighted by molar-refractivity contribution is 0.420. The zero-order valence-corrected chi connectivity index (χ0v) is 11.9. The van der Waals surface area contributed by atoms with Crippen LogP contribution in [0, 0.1) is 0 Å². The average Bonchev–Trinajstić information content (AvgIpc) is 2.59. The van der Waals surface area contributed by atoms with Gasteiger partial charge in [0, 0.05) is 10.8 Å². The highest BCUT2D eigenvalue weighted by Gasteiger charge is 2.15. The molecule has 0 unspecified atom stereocenters. The first-order valence-electron chi connectivity index (χ1n) is 7.20. The normalized spacial score (nSPS) is 10.9. The van der Waals surface area contributed by atoms with E-state index in [2.05, 4.69) is 6.07 Å². The van der Waals surface area contributed by atoms with Crippen molar-refractivity contribution >= 4 is 21.5 Å². The van der Waals surface area contributed by atoms with Crippen LogP contribution in [0.4, 0.5) is 0 Å². The summed E-state index contributed by atoms with van der Waals surface area (Å²) in [5.74, 6) is 1.39. The molecular formula is C20H14O2. The number of ether oxygens (including phenoxy) is 1. The Labute approximate surface area is 128 Å². The second-order valence-corrected chi connectivity index (χ2v) is 5.18. The van der Waals surface area contributed by atoms with Crippen LogP contribution in [0.15, 0.2) is 78.9 Å². The number of hydrogen-bond acceptors (Lipinski definition) is 2. The van der Waals surface area contributed by atoms with E-state index >= 15 is 0 Å². The van der Waals surface area contributed by atoms with E-state index < -0.39 is 0 Å². The number of phenols is 1. The number of rotatable bonds is 2. The first-order chi connectivity index (χ1) is 10.8. The maximum Gasteiger partial charge on any atom is 0.177 e. The number of hydrogen-bond donors (Lipinski definition) is 1. The van der Waals surface area contributed by atoms with Gasteiger partial charge in [0.15, 0.2) is 11.5 Å². The van der Waals surface area contributed by atoms with Crippen LogP contribution in [0.25, 0.3) is 21.5 Å². The molecule has 0 saturated carbocycles. The van der Waals surface area contributed by atoms with Crippen molar-refractivity contribution in [2.45, 2.75) is 0 Å². The van der Waals surface area contributed by atoms with Crippen molar-refractivity contribution < 1.29 is 9.84 Å². The van der Waals surface area contributed by atoms with Crippen LogP contribution in [-0.2, 0) is 0 Å². The third-order valence-corrected chi connectivity index (χ3v) is 3.82. The summed E-state index contributed by atoms with van der Waals surface area (Å²) in [5, 5.41) is 14.5. The molecule has 1 N–H and O–H groups in total. The number of aromatic hydroxyl groups is 1. The van der Waals surface area contributed by atoms with Gasteiger partial charge < -0.3 is 9.84 Å². The van der Waals surface area contributed by atoms with Crippen LogP contribution >= 0.6 is 0 Å². The third-order valence-electron chi connectivity index (χ3n) is 3.82. The molecule has 0 amide bonds. The van der Waals surface area contributed by atoms with Gasteiger partial charge in [0.1, 0.15) is 5.75 Å². The van der Waals surface area contributed by atoms with Crippen molar-refractivity contribution in [3.05, 3.63) is 78.9 Å². The summed E-state index contributed by atoms with van der Waals surface area (Å²) in [4.78, 5) is 0. The van der Waals surface area contributed by atoms with E-state index in [1.54, 1.807) is 0 Å². The molecule has 0 radical (unpaired) electrons. The minimum Gasteiger partial charge on any atom is -0.504 e. The van der Waals surface area contributed by atoms with E-state index in [4.69, 9.17) is 4.74 Å². The lowest BCUT2D eigenvalue weighted by Gasteiger charge is -2.14. The summed E-state index contributed by atoms with van der Waals surface area (Å²) in [6, 6.07) is 25.3. The van der Waals surface area contributed by atoms with Gasteiger partial charge in [0.05, 0.1) is 0 Å². The van der Waals surface area contributed by atoms with Gasteiger partial charge in [-0.1, -0.05) is 66.7 Å². The number of para-hydroxylation sites is 1. The van der Waals surface area contributed by atoms with Crippen molar-refractivity contribution in [2.24, 2.45) is 0 Å². The quantitative estimate of drug-likeness (QED) is 0.494. The molecule has 2 heteroatoms. The molecule has 22 heavy (non-hydrogen) atoms. The fourth-order valence-corrected chi connectivity index (χ4v) is 2.80. The standard InChI is InChI=1S/C20H14O2/c21-19-17-12-6-4-10-15(17)16-11-5-7-13-18(16)20(19)22-14-8-2-1-3-9-14/h1-13,21H. The second kappa shape index (κ2) is 5.08. The Kier molecular flexibility index (Phi) is 2.94. The van der Waals surface area contributed by atoms with Crippen LogP contribution in [0.1, 0.15) is 0 Å². The molecule has 0 aliphatic carbocycles. The Balaban J connectivity index is 2.05. The topological polar surface area (TPSA) is 29.5 Å². The SMILES string of the molecule is Oc1c(Oc2ccccc2)c2ccccc2c2ccccc12. The van der Waals surface area contributed by atoms with E-state index in [0.29, 0.717) is 11.5 Å². The molecule has 2 nitrogen and oxygen atoms in total. The molecule has 4 aromatic rings. The van der Waals surface area contributed by atoms with Crippen LogP contribution in [0.5, 0.6) is 17.2 Å². The van der Waals surface area contributed by atoms with Crippen LogP contribution in [0.3, 0.4) is 0 Å². The van der Waals surface area contributed by atoms with E-state index in [1.165, 1.54) is 0 Å². The molecule has 0 aliphatic heterocycles. The molecule has 0 bridgehead atoms. The lowest BCUT2D eigenvalue weighted by Crippen LogP contribution is -1.89. The van der Waals surface area contributed by atoms with E-state index in [1.807, 2.05) is 72.8 Å². The summed E-state index contributed by atoms with van der Waals surface area (Å²) in [6.45, 7) is 0. The maximum atomic E-state index is 10.7. The Hall–Kier alpha value is -3.00. The van der Waals surface area contributed by atoms with Gasteiger partial charge in [-0.25, -0.2) is 0 Å². The Morgan fingerprint density at radius 2 is 1.05 bits per heavy atom. The van der Waals surface area contributed by atoms with Gasteiger partial charge in [-0.15, -0.1) is 0 Å². The molecule has 4 rings (SSSR count). The second-order valence-electron chi connectivity index (χ2n) is 5.18. The number of phenolic OH excluding ortho intramolecular Hbond substituents is 1. The minimum atomic E-state index is 0.179. The highest BCUT2D eigenvalue weighted by atomic mass is 16.5. The smallest absolute Gasteiger partial charge is 0.177 e. The Morgan fingerprint density at radius 3 is 1.73 bits per heavy atom. The molecule has 0 spiro atoms. The summed E-state index contributed by atoms with van der Waals surface area (Å²) in [6.07, 6.45) is 0. The van der Waals surface area contributed by atoms with Gasteiger partial charge in [0.25, 0.3) is 0 Å². The molecule has 0 fully saturated rings. The summed E-state index contributed by atoms with van der Waals surface area (Å²) in [5.41, 5.74) is 0. The first kappa shape index (κ1) is 12.7. The van der Waals surface area contributed by atoms with Crippen LogP contribution in [0.2, 0.25) is 0 Å². The summed E-state index contributed by atoms with van der Waals surface area (Å²) < 4.78 is 5.98. The predicted octanol–water partition coefficient (Wildman–Crippen LogP) is 5.49. The van der Waals surface area contributed by atoms with Gasteiger partial charge in [0.2, 0.25) is 0 Å². The zero-order chi connectivity index (χ0) is 14.9. The monoisotopic (exact) mass is 286 g/mol. The molecule has 0 heterocycles.